The summed E-state index contributed by atoms with van der Waals surface area (Å²) in [6.07, 6.45) is 1.59. The molecule has 10 nitrogen and oxygen atoms in total. The predicted molar refractivity (Wildman–Crippen MR) is 161 cm³/mol. The van der Waals surface area contributed by atoms with Gasteiger partial charge in [0.05, 0.1) is 48.3 Å². The third-order valence-electron chi connectivity index (χ3n) is 9.13. The van der Waals surface area contributed by atoms with E-state index >= 15 is 0 Å². The number of ether oxygens (including phenoxy) is 3. The molecule has 4 amide bonds. The van der Waals surface area contributed by atoms with Crippen molar-refractivity contribution < 1.29 is 38.2 Å². The Morgan fingerprint density at radius 3 is 1.53 bits per heavy atom. The van der Waals surface area contributed by atoms with Crippen molar-refractivity contribution in [1.29, 1.82) is 0 Å². The van der Waals surface area contributed by atoms with Crippen molar-refractivity contribution in [3.8, 4) is 17.2 Å². The number of allylic oxidation sites excluding steroid dienone is 1. The SMILES string of the molecule is CCOc1ccccc1N1C(=O)[C@@H]2C3C(C(=O)Oc4ccccc4)=CC([C@H]4C(=O)N(c5ccccc5OCC)C(=O)[C@@H]34)[C@@H]2C1=O. The summed E-state index contributed by atoms with van der Waals surface area (Å²) < 4.78 is 17.2. The first kappa shape index (κ1) is 28.5. The highest BCUT2D eigenvalue weighted by molar-refractivity contribution is 6.27. The van der Waals surface area contributed by atoms with Crippen LogP contribution in [0.2, 0.25) is 0 Å². The Hall–Kier alpha value is -5.25. The lowest BCUT2D eigenvalue weighted by Crippen LogP contribution is -2.53. The van der Waals surface area contributed by atoms with Gasteiger partial charge >= 0.3 is 5.97 Å². The van der Waals surface area contributed by atoms with Gasteiger partial charge < -0.3 is 14.2 Å². The van der Waals surface area contributed by atoms with Crippen molar-refractivity contribution in [1.82, 2.24) is 0 Å². The Morgan fingerprint density at radius 2 is 1.04 bits per heavy atom. The van der Waals surface area contributed by atoms with Crippen LogP contribution in [0.5, 0.6) is 17.2 Å². The Morgan fingerprint density at radius 1 is 0.600 bits per heavy atom. The molecular formula is C35H30N2O8. The van der Waals surface area contributed by atoms with Crippen molar-refractivity contribution in [2.75, 3.05) is 23.0 Å². The fourth-order valence-corrected chi connectivity index (χ4v) is 7.52. The molecule has 3 fully saturated rings. The molecule has 3 aromatic carbocycles. The van der Waals surface area contributed by atoms with Gasteiger partial charge in [-0.05, 0) is 50.2 Å². The summed E-state index contributed by atoms with van der Waals surface area (Å²) in [5, 5.41) is 0. The molecule has 5 aliphatic rings. The molecule has 228 valence electrons. The van der Waals surface area contributed by atoms with E-state index in [2.05, 4.69) is 0 Å². The second-order valence-electron chi connectivity index (χ2n) is 11.4. The summed E-state index contributed by atoms with van der Waals surface area (Å²) in [5.41, 5.74) is 0.687. The maximum Gasteiger partial charge on any atom is 0.339 e. The minimum atomic E-state index is -1.07. The number of hydrogen-bond acceptors (Lipinski definition) is 8. The summed E-state index contributed by atoms with van der Waals surface area (Å²) in [6, 6.07) is 21.9. The van der Waals surface area contributed by atoms with Gasteiger partial charge in [-0.25, -0.2) is 14.6 Å². The zero-order valence-corrected chi connectivity index (χ0v) is 24.6. The van der Waals surface area contributed by atoms with Crippen LogP contribution in [0.3, 0.4) is 0 Å². The first-order chi connectivity index (χ1) is 21.9. The van der Waals surface area contributed by atoms with E-state index < -0.39 is 65.1 Å². The highest BCUT2D eigenvalue weighted by atomic mass is 16.5. The van der Waals surface area contributed by atoms with Crippen LogP contribution < -0.4 is 24.0 Å². The van der Waals surface area contributed by atoms with E-state index in [4.69, 9.17) is 14.2 Å². The monoisotopic (exact) mass is 606 g/mol. The van der Waals surface area contributed by atoms with Gasteiger partial charge in [-0.2, -0.15) is 0 Å². The maximum absolute atomic E-state index is 14.3. The maximum atomic E-state index is 14.3. The zero-order chi connectivity index (χ0) is 31.4. The molecule has 0 radical (unpaired) electrons. The standard InChI is InChI=1S/C35H30N2O8/c1-3-43-24-16-10-8-14-22(24)36-31(38)27-20-18-21(35(42)45-19-12-6-5-7-13-19)26(29(27)33(36)40)30-28(20)32(39)37(34(30)41)23-15-9-11-17-25(23)44-4-2/h5-18,20,26-30H,3-4H2,1-2H3/t20?,26?,27-,28+,29+,30-. The molecule has 6 atom stereocenters. The highest BCUT2D eigenvalue weighted by Crippen LogP contribution is 2.61. The third-order valence-corrected chi connectivity index (χ3v) is 9.13. The van der Waals surface area contributed by atoms with E-state index in [1.165, 1.54) is 0 Å². The van der Waals surface area contributed by atoms with Gasteiger partial charge in [0.15, 0.2) is 0 Å². The van der Waals surface area contributed by atoms with Crippen molar-refractivity contribution in [2.24, 2.45) is 35.5 Å². The molecule has 0 spiro atoms. The van der Waals surface area contributed by atoms with E-state index in [0.717, 1.165) is 9.80 Å². The number of carbonyl (C=O) groups is 5. The number of nitrogens with zero attached hydrogens (tertiary/aromatic N) is 2. The van der Waals surface area contributed by atoms with E-state index in [1.807, 2.05) is 0 Å². The van der Waals surface area contributed by atoms with Crippen LogP contribution in [0.4, 0.5) is 11.4 Å². The molecule has 45 heavy (non-hydrogen) atoms. The molecule has 2 unspecified atom stereocenters. The molecular weight excluding hydrogens is 576 g/mol. The lowest BCUT2D eigenvalue weighted by molar-refractivity contribution is -0.142. The van der Waals surface area contributed by atoms with E-state index in [9.17, 15) is 24.0 Å². The summed E-state index contributed by atoms with van der Waals surface area (Å²) in [5.74, 6) is -7.78. The van der Waals surface area contributed by atoms with Crippen LogP contribution in [0.15, 0.2) is 90.5 Å². The second-order valence-corrected chi connectivity index (χ2v) is 11.4. The lowest BCUT2D eigenvalue weighted by Gasteiger charge is -2.46. The van der Waals surface area contributed by atoms with E-state index in [0.29, 0.717) is 30.5 Å². The average Bonchev–Trinajstić information content (AvgIpc) is 3.48. The summed E-state index contributed by atoms with van der Waals surface area (Å²) in [4.78, 5) is 73.0. The molecule has 3 aliphatic carbocycles. The van der Waals surface area contributed by atoms with Crippen molar-refractivity contribution in [2.45, 2.75) is 13.8 Å². The van der Waals surface area contributed by atoms with Gasteiger partial charge in [-0.15, -0.1) is 0 Å². The third kappa shape index (κ3) is 4.27. The van der Waals surface area contributed by atoms with Gasteiger partial charge in [0, 0.05) is 17.4 Å². The van der Waals surface area contributed by atoms with Crippen LogP contribution in [0.25, 0.3) is 0 Å². The predicted octanol–water partition coefficient (Wildman–Crippen LogP) is 4.19. The molecule has 0 aromatic heterocycles. The molecule has 2 aliphatic heterocycles. The Balaban J connectivity index is 1.33. The molecule has 1 saturated carbocycles. The normalized spacial score (nSPS) is 26.5. The van der Waals surface area contributed by atoms with Crippen LogP contribution in [-0.2, 0) is 24.0 Å². The van der Waals surface area contributed by atoms with Crippen molar-refractivity contribution in [3.05, 3.63) is 90.5 Å². The fraction of sp³-hybridized carbons (Fsp3) is 0.286. The minimum absolute atomic E-state index is 0.119. The Bertz CT molecular complexity index is 1670. The minimum Gasteiger partial charge on any atom is -0.492 e. The zero-order valence-electron chi connectivity index (χ0n) is 24.6. The van der Waals surface area contributed by atoms with E-state index in [-0.39, 0.29) is 16.9 Å². The Labute approximate surface area is 259 Å². The van der Waals surface area contributed by atoms with Crippen LogP contribution in [0, 0.1) is 35.5 Å². The smallest absolute Gasteiger partial charge is 0.339 e. The molecule has 2 heterocycles. The van der Waals surface area contributed by atoms with Gasteiger partial charge in [0.25, 0.3) is 0 Å². The summed E-state index contributed by atoms with van der Waals surface area (Å²) in [6.45, 7) is 4.22. The Kier molecular flexibility index (Phi) is 6.99. The van der Waals surface area contributed by atoms with Gasteiger partial charge in [-0.3, -0.25) is 19.2 Å². The van der Waals surface area contributed by atoms with Gasteiger partial charge in [0.1, 0.15) is 17.2 Å². The van der Waals surface area contributed by atoms with Gasteiger partial charge in [-0.1, -0.05) is 48.5 Å². The number of hydrogen-bond donors (Lipinski definition) is 0. The topological polar surface area (TPSA) is 120 Å². The van der Waals surface area contributed by atoms with Gasteiger partial charge in [0.2, 0.25) is 23.6 Å². The molecule has 8 rings (SSSR count). The number of amides is 4. The van der Waals surface area contributed by atoms with Crippen LogP contribution in [-0.4, -0.2) is 42.8 Å². The average molecular weight is 607 g/mol. The van der Waals surface area contributed by atoms with Crippen molar-refractivity contribution in [3.63, 3.8) is 0 Å². The highest BCUT2D eigenvalue weighted by Gasteiger charge is 2.71. The molecule has 10 heteroatoms. The molecule has 3 aromatic rings. The van der Waals surface area contributed by atoms with Crippen molar-refractivity contribution >= 4 is 41.0 Å². The molecule has 2 saturated heterocycles. The molecule has 0 N–H and O–H groups in total. The number of benzene rings is 3. The fourth-order valence-electron chi connectivity index (χ4n) is 7.52. The van der Waals surface area contributed by atoms with E-state index in [1.54, 1.807) is 98.8 Å². The number of esters is 1. The molecule has 2 bridgehead atoms. The summed E-state index contributed by atoms with van der Waals surface area (Å²) in [7, 11) is 0. The lowest BCUT2D eigenvalue weighted by atomic mass is 9.52. The number of carbonyl (C=O) groups excluding carboxylic acids is 5. The number of imide groups is 2. The number of rotatable bonds is 8. The number of anilines is 2. The largest absolute Gasteiger partial charge is 0.492 e. The quantitative estimate of drug-likeness (QED) is 0.213. The number of para-hydroxylation sites is 5. The van der Waals surface area contributed by atoms with Crippen LogP contribution in [0.1, 0.15) is 13.8 Å². The first-order valence-electron chi connectivity index (χ1n) is 15.1. The second kappa shape index (κ2) is 11.0. The van der Waals surface area contributed by atoms with Crippen LogP contribution >= 0.6 is 0 Å². The first-order valence-corrected chi connectivity index (χ1v) is 15.1. The summed E-state index contributed by atoms with van der Waals surface area (Å²) >= 11 is 0.